The Kier molecular flexibility index (Phi) is 5.93. The van der Waals surface area contributed by atoms with Gasteiger partial charge in [0, 0.05) is 6.04 Å². The smallest absolute Gasteiger partial charge is 0.0123 e. The highest BCUT2D eigenvalue weighted by Gasteiger charge is 2.44. The van der Waals surface area contributed by atoms with Crippen molar-refractivity contribution in [3.63, 3.8) is 0 Å². The van der Waals surface area contributed by atoms with Gasteiger partial charge in [-0.2, -0.15) is 0 Å². The fourth-order valence-corrected chi connectivity index (χ4v) is 2.73. The van der Waals surface area contributed by atoms with Crippen LogP contribution in [0.25, 0.3) is 0 Å². The van der Waals surface area contributed by atoms with Crippen molar-refractivity contribution >= 4 is 0 Å². The molecule has 0 saturated carbocycles. The fraction of sp³-hybridized carbons (Fsp3) is 0.875. The van der Waals surface area contributed by atoms with Crippen LogP contribution in [0.1, 0.15) is 61.3 Å². The van der Waals surface area contributed by atoms with Crippen LogP contribution in [-0.2, 0) is 0 Å². The van der Waals surface area contributed by atoms with Crippen molar-refractivity contribution in [1.82, 2.24) is 5.32 Å². The first kappa shape index (κ1) is 16.7. The van der Waals surface area contributed by atoms with Crippen LogP contribution in [0.2, 0.25) is 0 Å². The second kappa shape index (κ2) is 6.04. The zero-order valence-electron chi connectivity index (χ0n) is 13.3. The lowest BCUT2D eigenvalue weighted by Crippen LogP contribution is -2.50. The van der Waals surface area contributed by atoms with Gasteiger partial charge in [0.05, 0.1) is 0 Å². The minimum absolute atomic E-state index is 0.143. The summed E-state index contributed by atoms with van der Waals surface area (Å²) in [5, 5.41) is 3.50. The minimum atomic E-state index is 0.143. The zero-order valence-corrected chi connectivity index (χ0v) is 13.3. The standard InChI is InChI=1S/C16H33N/c1-10-11-14(17-9)16(7,8)15(5,6)13(4)12(2)3/h12,14,17H,4,10-11H2,1-3,5-9H3. The van der Waals surface area contributed by atoms with Crippen LogP contribution in [-0.4, -0.2) is 13.1 Å². The summed E-state index contributed by atoms with van der Waals surface area (Å²) in [5.41, 5.74) is 1.71. The topological polar surface area (TPSA) is 12.0 Å². The lowest BCUT2D eigenvalue weighted by Gasteiger charge is -2.49. The molecule has 0 spiro atoms. The van der Waals surface area contributed by atoms with Crippen molar-refractivity contribution in [2.45, 2.75) is 67.3 Å². The molecule has 0 aromatic rings. The molecule has 1 heteroatoms. The van der Waals surface area contributed by atoms with Crippen LogP contribution in [0.5, 0.6) is 0 Å². The van der Waals surface area contributed by atoms with Crippen LogP contribution < -0.4 is 5.32 Å². The van der Waals surface area contributed by atoms with Crippen molar-refractivity contribution in [3.8, 4) is 0 Å². The van der Waals surface area contributed by atoms with Crippen LogP contribution in [0, 0.1) is 16.7 Å². The van der Waals surface area contributed by atoms with E-state index in [2.05, 4.69) is 67.4 Å². The van der Waals surface area contributed by atoms with Gasteiger partial charge in [-0.15, -0.1) is 0 Å². The maximum Gasteiger partial charge on any atom is 0.0123 e. The minimum Gasteiger partial charge on any atom is -0.316 e. The Morgan fingerprint density at radius 2 is 1.65 bits per heavy atom. The van der Waals surface area contributed by atoms with Crippen LogP contribution >= 0.6 is 0 Å². The van der Waals surface area contributed by atoms with Crippen LogP contribution in [0.3, 0.4) is 0 Å². The number of nitrogens with one attached hydrogen (secondary N) is 1. The molecule has 17 heavy (non-hydrogen) atoms. The molecule has 0 aliphatic rings. The van der Waals surface area contributed by atoms with Crippen molar-refractivity contribution < 1.29 is 0 Å². The molecule has 0 bridgehead atoms. The summed E-state index contributed by atoms with van der Waals surface area (Å²) in [6.07, 6.45) is 2.44. The predicted molar refractivity (Wildman–Crippen MR) is 79.3 cm³/mol. The van der Waals surface area contributed by atoms with E-state index in [-0.39, 0.29) is 10.8 Å². The van der Waals surface area contributed by atoms with Gasteiger partial charge in [0.2, 0.25) is 0 Å². The van der Waals surface area contributed by atoms with E-state index in [1.807, 2.05) is 0 Å². The third kappa shape index (κ3) is 3.34. The van der Waals surface area contributed by atoms with Gasteiger partial charge in [0.25, 0.3) is 0 Å². The first-order valence-electron chi connectivity index (χ1n) is 6.99. The van der Waals surface area contributed by atoms with Gasteiger partial charge in [-0.3, -0.25) is 0 Å². The van der Waals surface area contributed by atoms with E-state index in [1.54, 1.807) is 0 Å². The van der Waals surface area contributed by atoms with Gasteiger partial charge < -0.3 is 5.32 Å². The lowest BCUT2D eigenvalue weighted by atomic mass is 9.58. The fourth-order valence-electron chi connectivity index (χ4n) is 2.73. The average Bonchev–Trinajstić information content (AvgIpc) is 2.23. The molecule has 0 fully saturated rings. The van der Waals surface area contributed by atoms with Gasteiger partial charge in [-0.05, 0) is 30.2 Å². The third-order valence-corrected chi connectivity index (χ3v) is 4.91. The molecule has 0 aromatic heterocycles. The Bertz CT molecular complexity index is 248. The molecule has 0 heterocycles. The monoisotopic (exact) mass is 239 g/mol. The van der Waals surface area contributed by atoms with E-state index >= 15 is 0 Å². The van der Waals surface area contributed by atoms with Gasteiger partial charge >= 0.3 is 0 Å². The zero-order chi connectivity index (χ0) is 13.9. The molecule has 102 valence electrons. The van der Waals surface area contributed by atoms with Gasteiger partial charge in [0.1, 0.15) is 0 Å². The highest BCUT2D eigenvalue weighted by molar-refractivity contribution is 5.16. The lowest BCUT2D eigenvalue weighted by molar-refractivity contribution is 0.0848. The Balaban J connectivity index is 5.18. The number of allylic oxidation sites excluding steroid dienone is 1. The Labute approximate surface area is 109 Å². The number of hydrogen-bond donors (Lipinski definition) is 1. The van der Waals surface area contributed by atoms with Gasteiger partial charge in [0.15, 0.2) is 0 Å². The van der Waals surface area contributed by atoms with E-state index in [0.717, 1.165) is 0 Å². The summed E-state index contributed by atoms with van der Waals surface area (Å²) in [4.78, 5) is 0. The highest BCUT2D eigenvalue weighted by Crippen LogP contribution is 2.48. The van der Waals surface area contributed by atoms with E-state index in [1.165, 1.54) is 18.4 Å². The molecule has 1 N–H and O–H groups in total. The molecule has 0 saturated heterocycles. The normalized spacial score (nSPS) is 15.1. The molecular weight excluding hydrogens is 206 g/mol. The van der Waals surface area contributed by atoms with E-state index in [9.17, 15) is 0 Å². The maximum atomic E-state index is 4.34. The summed E-state index contributed by atoms with van der Waals surface area (Å²) < 4.78 is 0. The molecule has 0 aromatic carbocycles. The van der Waals surface area contributed by atoms with Crippen molar-refractivity contribution in [3.05, 3.63) is 12.2 Å². The summed E-state index contributed by atoms with van der Waals surface area (Å²) in [7, 11) is 2.08. The second-order valence-corrected chi connectivity index (χ2v) is 6.66. The van der Waals surface area contributed by atoms with Gasteiger partial charge in [-0.1, -0.05) is 67.0 Å². The first-order chi connectivity index (χ1) is 7.62. The second-order valence-electron chi connectivity index (χ2n) is 6.66. The molecule has 0 amide bonds. The molecular formula is C16H33N. The Hall–Kier alpha value is -0.300. The molecule has 1 unspecified atom stereocenters. The summed E-state index contributed by atoms with van der Waals surface area (Å²) in [5.74, 6) is 0.545. The van der Waals surface area contributed by atoms with Gasteiger partial charge in [-0.25, -0.2) is 0 Å². The molecule has 1 nitrogen and oxygen atoms in total. The van der Waals surface area contributed by atoms with Crippen molar-refractivity contribution in [1.29, 1.82) is 0 Å². The third-order valence-electron chi connectivity index (χ3n) is 4.91. The summed E-state index contributed by atoms with van der Waals surface area (Å²) in [6, 6.07) is 0.540. The average molecular weight is 239 g/mol. The van der Waals surface area contributed by atoms with Crippen molar-refractivity contribution in [2.75, 3.05) is 7.05 Å². The summed E-state index contributed by atoms with van der Waals surface area (Å²) >= 11 is 0. The molecule has 1 atom stereocenters. The van der Waals surface area contributed by atoms with Crippen LogP contribution in [0.4, 0.5) is 0 Å². The number of rotatable bonds is 7. The Morgan fingerprint density at radius 3 is 1.94 bits per heavy atom. The maximum absolute atomic E-state index is 4.34. The van der Waals surface area contributed by atoms with Crippen LogP contribution in [0.15, 0.2) is 12.2 Å². The molecule has 0 aliphatic heterocycles. The van der Waals surface area contributed by atoms with E-state index in [0.29, 0.717) is 12.0 Å². The predicted octanol–water partition coefficient (Wildman–Crippen LogP) is 4.64. The highest BCUT2D eigenvalue weighted by atomic mass is 14.9. The largest absolute Gasteiger partial charge is 0.316 e. The molecule has 0 radical (unpaired) electrons. The molecule has 0 aliphatic carbocycles. The molecule has 0 rings (SSSR count). The number of hydrogen-bond acceptors (Lipinski definition) is 1. The quantitative estimate of drug-likeness (QED) is 0.638. The van der Waals surface area contributed by atoms with Crippen molar-refractivity contribution in [2.24, 2.45) is 16.7 Å². The SMILES string of the molecule is C=C(C(C)C)C(C)(C)C(C)(C)C(CCC)NC. The van der Waals surface area contributed by atoms with E-state index < -0.39 is 0 Å². The van der Waals surface area contributed by atoms with E-state index in [4.69, 9.17) is 0 Å². The first-order valence-corrected chi connectivity index (χ1v) is 6.99. The Morgan fingerprint density at radius 1 is 1.18 bits per heavy atom. The summed E-state index contributed by atoms with van der Waals surface area (Å²) in [6.45, 7) is 20.5.